The number of carbonyl (C=O) groups excluding carboxylic acids is 1. The summed E-state index contributed by atoms with van der Waals surface area (Å²) in [6, 6.07) is 11.9. The van der Waals surface area contributed by atoms with Crippen molar-refractivity contribution in [1.82, 2.24) is 14.3 Å². The molecule has 5 heteroatoms. The van der Waals surface area contributed by atoms with Gasteiger partial charge in [0.1, 0.15) is 11.6 Å². The molecule has 2 aromatic heterocycles. The van der Waals surface area contributed by atoms with Gasteiger partial charge in [0.25, 0.3) is 5.91 Å². The number of hydrogen-bond donors (Lipinski definition) is 0. The third-order valence-corrected chi connectivity index (χ3v) is 4.44. The number of para-hydroxylation sites is 1. The third kappa shape index (κ3) is 2.76. The molecule has 126 valence electrons. The number of aromatic nitrogens is 3. The summed E-state index contributed by atoms with van der Waals surface area (Å²) < 4.78 is 3.47. The monoisotopic (exact) mass is 332 g/mol. The summed E-state index contributed by atoms with van der Waals surface area (Å²) in [6.45, 7) is 8.55. The van der Waals surface area contributed by atoms with Crippen molar-refractivity contribution in [2.24, 2.45) is 0 Å². The summed E-state index contributed by atoms with van der Waals surface area (Å²) in [5.41, 5.74) is 4.60. The van der Waals surface area contributed by atoms with Crippen LogP contribution in [0.1, 0.15) is 34.4 Å². The van der Waals surface area contributed by atoms with E-state index < -0.39 is 5.91 Å². The van der Waals surface area contributed by atoms with Crippen LogP contribution in [0.25, 0.3) is 17.0 Å². The normalized spacial score (nSPS) is 11.7. The Hall–Kier alpha value is -3.13. The van der Waals surface area contributed by atoms with Gasteiger partial charge in [0.2, 0.25) is 0 Å². The van der Waals surface area contributed by atoms with Gasteiger partial charge in [-0.15, -0.1) is 0 Å². The van der Waals surface area contributed by atoms with E-state index in [1.54, 1.807) is 13.0 Å². The Labute approximate surface area is 146 Å². The molecule has 0 bridgehead atoms. The van der Waals surface area contributed by atoms with Crippen molar-refractivity contribution in [2.75, 3.05) is 0 Å². The standard InChI is InChI=1S/C20H20N4O/c1-5-23-15(4)18(17-8-6-7-9-19(17)23)11-16(12-21)20(25)24-14(3)10-13(2)22-24/h6-11H,5H2,1-4H3/b16-11+. The summed E-state index contributed by atoms with van der Waals surface area (Å²) >= 11 is 0. The molecule has 3 aromatic rings. The second-order valence-corrected chi connectivity index (χ2v) is 6.07. The Morgan fingerprint density at radius 2 is 2.00 bits per heavy atom. The lowest BCUT2D eigenvalue weighted by Gasteiger charge is -2.04. The topological polar surface area (TPSA) is 63.6 Å². The molecular formula is C20H20N4O. The molecule has 2 heterocycles. The number of carbonyl (C=O) groups is 1. The molecule has 1 aromatic carbocycles. The van der Waals surface area contributed by atoms with E-state index in [4.69, 9.17) is 0 Å². The summed E-state index contributed by atoms with van der Waals surface area (Å²) in [4.78, 5) is 12.7. The Morgan fingerprint density at radius 3 is 2.60 bits per heavy atom. The van der Waals surface area contributed by atoms with Crippen molar-refractivity contribution < 1.29 is 4.79 Å². The first-order valence-electron chi connectivity index (χ1n) is 8.25. The van der Waals surface area contributed by atoms with Crippen LogP contribution in [0.5, 0.6) is 0 Å². The largest absolute Gasteiger partial charge is 0.345 e. The minimum Gasteiger partial charge on any atom is -0.345 e. The lowest BCUT2D eigenvalue weighted by Crippen LogP contribution is -2.15. The van der Waals surface area contributed by atoms with E-state index in [9.17, 15) is 10.1 Å². The molecule has 0 amide bonds. The van der Waals surface area contributed by atoms with E-state index in [0.29, 0.717) is 0 Å². The van der Waals surface area contributed by atoms with Gasteiger partial charge in [-0.3, -0.25) is 4.79 Å². The highest BCUT2D eigenvalue weighted by molar-refractivity contribution is 6.05. The number of nitrogens with zero attached hydrogens (tertiary/aromatic N) is 4. The highest BCUT2D eigenvalue weighted by atomic mass is 16.2. The molecule has 0 saturated heterocycles. The van der Waals surface area contributed by atoms with E-state index in [0.717, 1.165) is 40.1 Å². The molecule has 0 N–H and O–H groups in total. The maximum Gasteiger partial charge on any atom is 0.289 e. The van der Waals surface area contributed by atoms with Crippen molar-refractivity contribution >= 4 is 22.9 Å². The maximum absolute atomic E-state index is 12.7. The van der Waals surface area contributed by atoms with Crippen LogP contribution in [0.4, 0.5) is 0 Å². The van der Waals surface area contributed by atoms with E-state index >= 15 is 0 Å². The molecule has 0 spiro atoms. The number of aryl methyl sites for hydroxylation is 3. The number of nitriles is 1. The fraction of sp³-hybridized carbons (Fsp3) is 0.250. The zero-order valence-electron chi connectivity index (χ0n) is 14.9. The summed E-state index contributed by atoms with van der Waals surface area (Å²) in [6.07, 6.45) is 1.68. The van der Waals surface area contributed by atoms with Crippen molar-refractivity contribution in [2.45, 2.75) is 34.2 Å². The maximum atomic E-state index is 12.7. The fourth-order valence-electron chi connectivity index (χ4n) is 3.28. The molecule has 0 atom stereocenters. The van der Waals surface area contributed by atoms with E-state index in [-0.39, 0.29) is 5.57 Å². The number of fused-ring (bicyclic) bond motifs is 1. The van der Waals surface area contributed by atoms with Crippen LogP contribution in [0.15, 0.2) is 35.9 Å². The SMILES string of the molecule is CCn1c(C)c(/C=C(\C#N)C(=O)n2nc(C)cc2C)c2ccccc21. The molecule has 3 rings (SSSR count). The lowest BCUT2D eigenvalue weighted by atomic mass is 10.1. The number of allylic oxidation sites excluding steroid dienone is 1. The molecule has 25 heavy (non-hydrogen) atoms. The van der Waals surface area contributed by atoms with Gasteiger partial charge < -0.3 is 4.57 Å². The molecule has 0 unspecified atom stereocenters. The second kappa shape index (κ2) is 6.40. The number of rotatable bonds is 3. The molecule has 0 fully saturated rings. The van der Waals surface area contributed by atoms with Gasteiger partial charge in [-0.2, -0.15) is 10.4 Å². The zero-order chi connectivity index (χ0) is 18.1. The Bertz CT molecular complexity index is 1040. The summed E-state index contributed by atoms with van der Waals surface area (Å²) in [7, 11) is 0. The number of hydrogen-bond acceptors (Lipinski definition) is 3. The smallest absolute Gasteiger partial charge is 0.289 e. The van der Waals surface area contributed by atoms with E-state index in [2.05, 4.69) is 22.7 Å². The third-order valence-electron chi connectivity index (χ3n) is 4.44. The van der Waals surface area contributed by atoms with E-state index in [1.165, 1.54) is 4.68 Å². The van der Waals surface area contributed by atoms with Gasteiger partial charge in [-0.25, -0.2) is 4.68 Å². The van der Waals surface area contributed by atoms with Crippen molar-refractivity contribution in [3.8, 4) is 6.07 Å². The average molecular weight is 332 g/mol. The van der Waals surface area contributed by atoms with Crippen molar-refractivity contribution in [1.29, 1.82) is 5.26 Å². The van der Waals surface area contributed by atoms with Crippen LogP contribution in [0.2, 0.25) is 0 Å². The lowest BCUT2D eigenvalue weighted by molar-refractivity contribution is 0.0944. The Kier molecular flexibility index (Phi) is 4.28. The van der Waals surface area contributed by atoms with Crippen LogP contribution in [0.3, 0.4) is 0 Å². The predicted molar refractivity (Wildman–Crippen MR) is 98.3 cm³/mol. The van der Waals surface area contributed by atoms with Crippen molar-refractivity contribution in [3.05, 3.63) is 58.6 Å². The fourth-order valence-corrected chi connectivity index (χ4v) is 3.28. The zero-order valence-corrected chi connectivity index (χ0v) is 14.9. The minimum atomic E-state index is -0.402. The molecule has 0 saturated carbocycles. The first-order chi connectivity index (χ1) is 12.0. The van der Waals surface area contributed by atoms with Gasteiger partial charge >= 0.3 is 0 Å². The van der Waals surface area contributed by atoms with Gasteiger partial charge in [0, 0.05) is 34.4 Å². The highest BCUT2D eigenvalue weighted by Gasteiger charge is 2.18. The van der Waals surface area contributed by atoms with Gasteiger partial charge in [-0.05, 0) is 45.9 Å². The Balaban J connectivity index is 2.17. The molecule has 0 radical (unpaired) electrons. The molecular weight excluding hydrogens is 312 g/mol. The first-order valence-corrected chi connectivity index (χ1v) is 8.25. The number of benzene rings is 1. The molecule has 0 aliphatic heterocycles. The summed E-state index contributed by atoms with van der Waals surface area (Å²) in [5, 5.41) is 14.8. The first kappa shape index (κ1) is 16.7. The second-order valence-electron chi connectivity index (χ2n) is 6.07. The molecule has 5 nitrogen and oxygen atoms in total. The minimum absolute atomic E-state index is 0.0771. The van der Waals surface area contributed by atoms with Crippen LogP contribution in [0, 0.1) is 32.1 Å². The van der Waals surface area contributed by atoms with E-state index in [1.807, 2.05) is 44.2 Å². The van der Waals surface area contributed by atoms with Gasteiger partial charge in [-0.1, -0.05) is 18.2 Å². The van der Waals surface area contributed by atoms with Gasteiger partial charge in [0.05, 0.1) is 5.69 Å². The molecule has 0 aliphatic rings. The van der Waals surface area contributed by atoms with Gasteiger partial charge in [0.15, 0.2) is 0 Å². The van der Waals surface area contributed by atoms with Crippen LogP contribution >= 0.6 is 0 Å². The predicted octanol–water partition coefficient (Wildman–Crippen LogP) is 4.03. The van der Waals surface area contributed by atoms with Crippen LogP contribution < -0.4 is 0 Å². The highest BCUT2D eigenvalue weighted by Crippen LogP contribution is 2.28. The molecule has 0 aliphatic carbocycles. The quantitative estimate of drug-likeness (QED) is 0.537. The summed E-state index contributed by atoms with van der Waals surface area (Å²) in [5.74, 6) is -0.402. The average Bonchev–Trinajstić information content (AvgIpc) is 3.08. The Morgan fingerprint density at radius 1 is 1.28 bits per heavy atom. The van der Waals surface area contributed by atoms with Crippen LogP contribution in [-0.4, -0.2) is 20.3 Å². The van der Waals surface area contributed by atoms with Crippen LogP contribution in [-0.2, 0) is 6.54 Å². The van der Waals surface area contributed by atoms with Crippen molar-refractivity contribution in [3.63, 3.8) is 0 Å².